The van der Waals surface area contributed by atoms with Crippen molar-refractivity contribution in [2.24, 2.45) is 0 Å². The minimum atomic E-state index is -0.152. The van der Waals surface area contributed by atoms with Gasteiger partial charge in [0.25, 0.3) is 0 Å². The third kappa shape index (κ3) is 3.40. The van der Waals surface area contributed by atoms with Gasteiger partial charge in [-0.05, 0) is 23.8 Å². The first-order chi connectivity index (χ1) is 12.3. The summed E-state index contributed by atoms with van der Waals surface area (Å²) in [4.78, 5) is 23.8. The van der Waals surface area contributed by atoms with Crippen LogP contribution in [0.1, 0.15) is 11.3 Å². The number of benzene rings is 1. The van der Waals surface area contributed by atoms with Crippen LogP contribution in [0.15, 0.2) is 61.2 Å². The minimum absolute atomic E-state index is 0.152. The molecule has 0 saturated carbocycles. The van der Waals surface area contributed by atoms with Gasteiger partial charge in [0.1, 0.15) is 6.33 Å². The number of nitrogens with zero attached hydrogens (tertiary/aromatic N) is 4. The molecule has 3 heterocycles. The first-order valence-corrected chi connectivity index (χ1v) is 7.92. The first kappa shape index (κ1) is 15.1. The number of amides is 1. The number of hydrogen-bond donors (Lipinski definition) is 2. The molecule has 3 aromatic heterocycles. The molecule has 0 saturated heterocycles. The molecule has 7 heteroatoms. The summed E-state index contributed by atoms with van der Waals surface area (Å²) in [5.41, 5.74) is 2.84. The first-order valence-electron chi connectivity index (χ1n) is 7.92. The van der Waals surface area contributed by atoms with Crippen molar-refractivity contribution < 1.29 is 4.79 Å². The van der Waals surface area contributed by atoms with Crippen LogP contribution >= 0.6 is 0 Å². The molecule has 0 unspecified atom stereocenters. The Morgan fingerprint density at radius 2 is 2.00 bits per heavy atom. The molecule has 1 amide bonds. The van der Waals surface area contributed by atoms with Gasteiger partial charge in [0.15, 0.2) is 0 Å². The Morgan fingerprint density at radius 3 is 2.88 bits per heavy atom. The van der Waals surface area contributed by atoms with E-state index in [9.17, 15) is 4.79 Å². The van der Waals surface area contributed by atoms with Crippen molar-refractivity contribution in [3.05, 3.63) is 72.4 Å². The molecule has 7 nitrogen and oxygen atoms in total. The van der Waals surface area contributed by atoms with E-state index >= 15 is 0 Å². The van der Waals surface area contributed by atoms with E-state index < -0.39 is 0 Å². The number of hydrogen-bond acceptors (Lipinski definition) is 4. The van der Waals surface area contributed by atoms with E-state index in [1.165, 1.54) is 0 Å². The summed E-state index contributed by atoms with van der Waals surface area (Å²) in [7, 11) is 0. The number of anilines is 1. The van der Waals surface area contributed by atoms with E-state index in [-0.39, 0.29) is 12.3 Å². The molecule has 0 atom stereocenters. The summed E-state index contributed by atoms with van der Waals surface area (Å²) in [5.74, 6) is 0.140. The topological polar surface area (TPSA) is 88.5 Å². The standard InChI is InChI=1S/C18H16N6O/c25-17(9-13-10-20-16-7-2-1-6-15(13)16)22-18-21-12-24(23-18)11-14-5-3-4-8-19-14/h1-8,10,12,20H,9,11H2,(H,22,23,25). The lowest BCUT2D eigenvalue weighted by molar-refractivity contribution is -0.115. The fourth-order valence-electron chi connectivity index (χ4n) is 2.71. The highest BCUT2D eigenvalue weighted by Gasteiger charge is 2.11. The zero-order valence-electron chi connectivity index (χ0n) is 13.4. The van der Waals surface area contributed by atoms with E-state index in [0.29, 0.717) is 12.5 Å². The van der Waals surface area contributed by atoms with Crippen LogP contribution in [-0.2, 0) is 17.8 Å². The van der Waals surface area contributed by atoms with Crippen molar-refractivity contribution >= 4 is 22.8 Å². The third-order valence-corrected chi connectivity index (χ3v) is 3.86. The van der Waals surface area contributed by atoms with Gasteiger partial charge >= 0.3 is 0 Å². The van der Waals surface area contributed by atoms with Gasteiger partial charge < -0.3 is 4.98 Å². The number of pyridine rings is 1. The predicted molar refractivity (Wildman–Crippen MR) is 94.0 cm³/mol. The highest BCUT2D eigenvalue weighted by Crippen LogP contribution is 2.18. The summed E-state index contributed by atoms with van der Waals surface area (Å²) in [6, 6.07) is 13.6. The number of nitrogens with one attached hydrogen (secondary N) is 2. The van der Waals surface area contributed by atoms with Gasteiger partial charge in [0.2, 0.25) is 11.9 Å². The highest BCUT2D eigenvalue weighted by atomic mass is 16.1. The van der Waals surface area contributed by atoms with Crippen molar-refractivity contribution in [1.82, 2.24) is 24.7 Å². The SMILES string of the molecule is O=C(Cc1c[nH]c2ccccc12)Nc1ncn(Cc2ccccn2)n1. The normalized spacial score (nSPS) is 10.9. The Bertz CT molecular complexity index is 1000. The number of aromatic amines is 1. The Hall–Kier alpha value is -3.48. The van der Waals surface area contributed by atoms with Gasteiger partial charge in [-0.15, -0.1) is 5.10 Å². The largest absolute Gasteiger partial charge is 0.361 e. The second-order valence-electron chi connectivity index (χ2n) is 5.67. The molecular weight excluding hydrogens is 316 g/mol. The number of para-hydroxylation sites is 1. The fraction of sp³-hybridized carbons (Fsp3) is 0.111. The zero-order valence-corrected chi connectivity index (χ0v) is 13.4. The van der Waals surface area contributed by atoms with E-state index in [2.05, 4.69) is 25.4 Å². The highest BCUT2D eigenvalue weighted by molar-refractivity contribution is 5.94. The number of carbonyl (C=O) groups excluding carboxylic acids is 1. The molecule has 0 aliphatic rings. The van der Waals surface area contributed by atoms with E-state index in [4.69, 9.17) is 0 Å². The number of aromatic nitrogens is 5. The lowest BCUT2D eigenvalue weighted by Crippen LogP contribution is -2.15. The molecule has 4 rings (SSSR count). The van der Waals surface area contributed by atoms with Gasteiger partial charge in [-0.25, -0.2) is 9.67 Å². The zero-order chi connectivity index (χ0) is 17.1. The Kier molecular flexibility index (Phi) is 3.96. The molecule has 25 heavy (non-hydrogen) atoms. The number of rotatable bonds is 5. The molecule has 2 N–H and O–H groups in total. The van der Waals surface area contributed by atoms with E-state index in [1.54, 1.807) is 17.2 Å². The minimum Gasteiger partial charge on any atom is -0.361 e. The Morgan fingerprint density at radius 1 is 1.12 bits per heavy atom. The van der Waals surface area contributed by atoms with Crippen molar-refractivity contribution in [2.45, 2.75) is 13.0 Å². The van der Waals surface area contributed by atoms with E-state index in [1.807, 2.05) is 48.7 Å². The summed E-state index contributed by atoms with van der Waals surface area (Å²) in [5, 5.41) is 8.05. The van der Waals surface area contributed by atoms with Crippen LogP contribution in [0.25, 0.3) is 10.9 Å². The van der Waals surface area contributed by atoms with E-state index in [0.717, 1.165) is 22.2 Å². The quantitative estimate of drug-likeness (QED) is 0.587. The maximum Gasteiger partial charge on any atom is 0.248 e. The summed E-state index contributed by atoms with van der Waals surface area (Å²) >= 11 is 0. The number of carbonyl (C=O) groups is 1. The molecular formula is C18H16N6O. The van der Waals surface area contributed by atoms with Crippen LogP contribution < -0.4 is 5.32 Å². The number of fused-ring (bicyclic) bond motifs is 1. The van der Waals surface area contributed by atoms with Gasteiger partial charge in [0, 0.05) is 23.3 Å². The predicted octanol–water partition coefficient (Wildman–Crippen LogP) is 2.38. The average Bonchev–Trinajstić information content (AvgIpc) is 3.23. The molecule has 4 aromatic rings. The molecule has 0 fully saturated rings. The number of H-pyrrole nitrogens is 1. The second-order valence-corrected chi connectivity index (χ2v) is 5.67. The second kappa shape index (κ2) is 6.56. The van der Waals surface area contributed by atoms with Gasteiger partial charge in [0.05, 0.1) is 18.7 Å². The maximum absolute atomic E-state index is 12.3. The molecule has 0 aliphatic heterocycles. The fourth-order valence-corrected chi connectivity index (χ4v) is 2.71. The average molecular weight is 332 g/mol. The lowest BCUT2D eigenvalue weighted by Gasteiger charge is -2.01. The van der Waals surface area contributed by atoms with Crippen LogP contribution in [0.5, 0.6) is 0 Å². The van der Waals surface area contributed by atoms with Gasteiger partial charge in [-0.2, -0.15) is 0 Å². The lowest BCUT2D eigenvalue weighted by atomic mass is 10.1. The summed E-state index contributed by atoms with van der Waals surface area (Å²) in [6.07, 6.45) is 5.43. The molecule has 124 valence electrons. The molecule has 0 bridgehead atoms. The Balaban J connectivity index is 1.41. The van der Waals surface area contributed by atoms with Gasteiger partial charge in [-0.1, -0.05) is 24.3 Å². The van der Waals surface area contributed by atoms with Crippen LogP contribution in [0.4, 0.5) is 5.95 Å². The smallest absolute Gasteiger partial charge is 0.248 e. The summed E-state index contributed by atoms with van der Waals surface area (Å²) in [6.45, 7) is 0.506. The van der Waals surface area contributed by atoms with Crippen molar-refractivity contribution in [3.63, 3.8) is 0 Å². The molecule has 0 spiro atoms. The van der Waals surface area contributed by atoms with Crippen LogP contribution in [0.2, 0.25) is 0 Å². The van der Waals surface area contributed by atoms with Crippen molar-refractivity contribution in [3.8, 4) is 0 Å². The van der Waals surface area contributed by atoms with Crippen molar-refractivity contribution in [1.29, 1.82) is 0 Å². The third-order valence-electron chi connectivity index (χ3n) is 3.86. The monoisotopic (exact) mass is 332 g/mol. The molecule has 0 aliphatic carbocycles. The molecule has 0 radical (unpaired) electrons. The summed E-state index contributed by atoms with van der Waals surface area (Å²) < 4.78 is 1.64. The Labute approximate surface area is 143 Å². The van der Waals surface area contributed by atoms with Gasteiger partial charge in [-0.3, -0.25) is 15.1 Å². The maximum atomic E-state index is 12.3. The van der Waals surface area contributed by atoms with Crippen LogP contribution in [0, 0.1) is 0 Å². The van der Waals surface area contributed by atoms with Crippen molar-refractivity contribution in [2.75, 3.05) is 5.32 Å². The van der Waals surface area contributed by atoms with Crippen LogP contribution in [0.3, 0.4) is 0 Å². The van der Waals surface area contributed by atoms with Crippen LogP contribution in [-0.4, -0.2) is 30.6 Å². The molecule has 1 aromatic carbocycles.